The van der Waals surface area contributed by atoms with E-state index in [9.17, 15) is 9.59 Å². The number of amides is 1. The lowest BCUT2D eigenvalue weighted by Gasteiger charge is -2.31. The second-order valence-corrected chi connectivity index (χ2v) is 7.14. The zero-order chi connectivity index (χ0) is 22.9. The summed E-state index contributed by atoms with van der Waals surface area (Å²) in [6, 6.07) is 15.3. The highest BCUT2D eigenvalue weighted by Crippen LogP contribution is 2.43. The predicted molar refractivity (Wildman–Crippen MR) is 124 cm³/mol. The highest BCUT2D eigenvalue weighted by atomic mass is 16.5. The Labute approximate surface area is 185 Å². The number of allylic oxidation sites excluding steroid dienone is 1. The molecule has 1 aliphatic rings. The van der Waals surface area contributed by atoms with Crippen LogP contribution < -0.4 is 9.64 Å². The molecule has 31 heavy (non-hydrogen) atoms. The number of carbonyl (C=O) groups excluding carboxylic acids is 2. The molecule has 0 aromatic heterocycles. The van der Waals surface area contributed by atoms with Crippen LogP contribution in [0.1, 0.15) is 51.2 Å². The molecule has 3 rings (SSSR count). The number of methoxy groups -OCH3 is 1. The second kappa shape index (κ2) is 11.3. The number of rotatable bonds is 7. The van der Waals surface area contributed by atoms with Gasteiger partial charge in [-0.15, -0.1) is 6.58 Å². The second-order valence-electron chi connectivity index (χ2n) is 7.14. The molecule has 0 aliphatic carbocycles. The topological polar surface area (TPSA) is 55.8 Å². The van der Waals surface area contributed by atoms with E-state index in [1.54, 1.807) is 25.0 Å². The Balaban J connectivity index is 0.00000166. The number of fused-ring (bicyclic) bond motifs is 1. The normalized spacial score (nSPS) is 17.5. The van der Waals surface area contributed by atoms with Crippen molar-refractivity contribution in [3.8, 4) is 5.75 Å². The minimum Gasteiger partial charge on any atom is -0.497 e. The molecule has 1 atom stereocenters. The van der Waals surface area contributed by atoms with E-state index in [0.717, 1.165) is 22.6 Å². The smallest absolute Gasteiger partial charge is 0.316 e. The SMILES string of the molecule is C=CCC1(C(=O)OCC)CCC(=O)N(Cc2ccc(OC)cc2)c2ccccc21.CC. The molecule has 166 valence electrons. The maximum absolute atomic E-state index is 13.1. The van der Waals surface area contributed by atoms with Crippen LogP contribution in [0.15, 0.2) is 61.2 Å². The summed E-state index contributed by atoms with van der Waals surface area (Å²) in [5.41, 5.74) is 1.65. The number of ether oxygens (including phenoxy) is 2. The Hall–Kier alpha value is -3.08. The number of para-hydroxylation sites is 1. The molecule has 0 saturated heterocycles. The van der Waals surface area contributed by atoms with Gasteiger partial charge in [-0.2, -0.15) is 0 Å². The Morgan fingerprint density at radius 3 is 2.45 bits per heavy atom. The number of hydrogen-bond acceptors (Lipinski definition) is 4. The van der Waals surface area contributed by atoms with E-state index in [2.05, 4.69) is 6.58 Å². The molecular formula is C26H33NO4. The molecule has 0 N–H and O–H groups in total. The number of carbonyl (C=O) groups is 2. The molecule has 1 amide bonds. The maximum Gasteiger partial charge on any atom is 0.316 e. The summed E-state index contributed by atoms with van der Waals surface area (Å²) in [5, 5.41) is 0. The van der Waals surface area contributed by atoms with E-state index in [-0.39, 0.29) is 18.3 Å². The monoisotopic (exact) mass is 423 g/mol. The molecule has 0 bridgehead atoms. The van der Waals surface area contributed by atoms with Gasteiger partial charge in [0.25, 0.3) is 0 Å². The zero-order valence-electron chi connectivity index (χ0n) is 19.0. The first kappa shape index (κ1) is 24.2. The fourth-order valence-corrected chi connectivity index (χ4v) is 3.95. The van der Waals surface area contributed by atoms with Gasteiger partial charge in [0.1, 0.15) is 5.75 Å². The van der Waals surface area contributed by atoms with E-state index in [1.807, 2.05) is 62.4 Å². The number of benzene rings is 2. The first-order valence-corrected chi connectivity index (χ1v) is 10.9. The summed E-state index contributed by atoms with van der Waals surface area (Å²) in [6.45, 7) is 10.4. The highest BCUT2D eigenvalue weighted by molar-refractivity contribution is 5.98. The van der Waals surface area contributed by atoms with Crippen molar-refractivity contribution in [1.29, 1.82) is 0 Å². The minimum atomic E-state index is -0.904. The lowest BCUT2D eigenvalue weighted by molar-refractivity contribution is -0.150. The Bertz CT molecular complexity index is 891. The van der Waals surface area contributed by atoms with Crippen molar-refractivity contribution in [3.05, 3.63) is 72.3 Å². The zero-order valence-corrected chi connectivity index (χ0v) is 19.0. The van der Waals surface area contributed by atoms with Crippen LogP contribution >= 0.6 is 0 Å². The van der Waals surface area contributed by atoms with Crippen LogP contribution in [0.5, 0.6) is 5.75 Å². The van der Waals surface area contributed by atoms with Gasteiger partial charge in [-0.25, -0.2) is 0 Å². The summed E-state index contributed by atoms with van der Waals surface area (Å²) >= 11 is 0. The van der Waals surface area contributed by atoms with E-state index < -0.39 is 5.41 Å². The van der Waals surface area contributed by atoms with Gasteiger partial charge in [-0.3, -0.25) is 9.59 Å². The van der Waals surface area contributed by atoms with E-state index in [0.29, 0.717) is 26.0 Å². The summed E-state index contributed by atoms with van der Waals surface area (Å²) in [7, 11) is 1.62. The van der Waals surface area contributed by atoms with Crippen molar-refractivity contribution in [3.63, 3.8) is 0 Å². The third-order valence-corrected chi connectivity index (χ3v) is 5.44. The van der Waals surface area contributed by atoms with E-state index in [1.165, 1.54) is 0 Å². The summed E-state index contributed by atoms with van der Waals surface area (Å²) in [4.78, 5) is 27.9. The van der Waals surface area contributed by atoms with Gasteiger partial charge in [0.05, 0.1) is 25.7 Å². The van der Waals surface area contributed by atoms with Crippen LogP contribution in [-0.4, -0.2) is 25.6 Å². The Morgan fingerprint density at radius 1 is 1.16 bits per heavy atom. The van der Waals surface area contributed by atoms with Crippen LogP contribution in [0.2, 0.25) is 0 Å². The third kappa shape index (κ3) is 5.16. The standard InChI is InChI=1S/C24H27NO4.C2H6/c1-4-15-24(23(27)29-5-2)16-14-22(26)25(21-9-7-6-8-20(21)24)17-18-10-12-19(28-3)13-11-18;1-2/h4,6-13H,1,5,14-17H2,2-3H3;1-2H3. The molecule has 1 unspecified atom stereocenters. The van der Waals surface area contributed by atoms with Crippen molar-refractivity contribution < 1.29 is 19.1 Å². The van der Waals surface area contributed by atoms with Crippen LogP contribution in [-0.2, 0) is 26.3 Å². The van der Waals surface area contributed by atoms with Crippen molar-refractivity contribution in [2.45, 2.75) is 52.0 Å². The van der Waals surface area contributed by atoms with Gasteiger partial charge in [0, 0.05) is 12.1 Å². The molecule has 0 spiro atoms. The first-order chi connectivity index (χ1) is 15.1. The summed E-state index contributed by atoms with van der Waals surface area (Å²) in [5.74, 6) is 0.457. The van der Waals surface area contributed by atoms with Crippen molar-refractivity contribution >= 4 is 17.6 Å². The first-order valence-electron chi connectivity index (χ1n) is 10.9. The molecule has 2 aromatic carbocycles. The van der Waals surface area contributed by atoms with Crippen LogP contribution in [0.3, 0.4) is 0 Å². The lowest BCUT2D eigenvalue weighted by atomic mass is 9.74. The minimum absolute atomic E-state index is 0.0106. The van der Waals surface area contributed by atoms with Crippen molar-refractivity contribution in [2.75, 3.05) is 18.6 Å². The molecule has 1 aliphatic heterocycles. The number of anilines is 1. The average molecular weight is 424 g/mol. The van der Waals surface area contributed by atoms with Crippen molar-refractivity contribution in [2.24, 2.45) is 0 Å². The molecule has 5 nitrogen and oxygen atoms in total. The fourth-order valence-electron chi connectivity index (χ4n) is 3.95. The van der Waals surface area contributed by atoms with Gasteiger partial charge < -0.3 is 14.4 Å². The summed E-state index contributed by atoms with van der Waals surface area (Å²) < 4.78 is 10.7. The van der Waals surface area contributed by atoms with E-state index >= 15 is 0 Å². The van der Waals surface area contributed by atoms with Gasteiger partial charge in [0.2, 0.25) is 5.91 Å². The van der Waals surface area contributed by atoms with Crippen LogP contribution in [0, 0.1) is 0 Å². The molecule has 0 fully saturated rings. The molecule has 1 heterocycles. The average Bonchev–Trinajstić information content (AvgIpc) is 2.92. The predicted octanol–water partition coefficient (Wildman–Crippen LogP) is 5.43. The van der Waals surface area contributed by atoms with Gasteiger partial charge in [-0.05, 0) is 49.1 Å². The molecule has 5 heteroatoms. The van der Waals surface area contributed by atoms with Crippen molar-refractivity contribution in [1.82, 2.24) is 0 Å². The maximum atomic E-state index is 13.1. The van der Waals surface area contributed by atoms with Crippen LogP contribution in [0.4, 0.5) is 5.69 Å². The Kier molecular flexibility index (Phi) is 8.86. The van der Waals surface area contributed by atoms with Gasteiger partial charge >= 0.3 is 5.97 Å². The number of nitrogens with zero attached hydrogens (tertiary/aromatic N) is 1. The largest absolute Gasteiger partial charge is 0.497 e. The quantitative estimate of drug-likeness (QED) is 0.440. The summed E-state index contributed by atoms with van der Waals surface area (Å²) in [6.07, 6.45) is 2.81. The fraction of sp³-hybridized carbons (Fsp3) is 0.385. The number of hydrogen-bond donors (Lipinski definition) is 0. The molecule has 0 saturated carbocycles. The third-order valence-electron chi connectivity index (χ3n) is 5.44. The van der Waals surface area contributed by atoms with E-state index in [4.69, 9.17) is 9.47 Å². The number of esters is 1. The highest BCUT2D eigenvalue weighted by Gasteiger charge is 2.45. The molecular weight excluding hydrogens is 390 g/mol. The molecule has 2 aromatic rings. The van der Waals surface area contributed by atoms with Crippen LogP contribution in [0.25, 0.3) is 0 Å². The van der Waals surface area contributed by atoms with Gasteiger partial charge in [-0.1, -0.05) is 50.3 Å². The Morgan fingerprint density at radius 2 is 1.84 bits per heavy atom. The molecule has 0 radical (unpaired) electrons. The van der Waals surface area contributed by atoms with Gasteiger partial charge in [0.15, 0.2) is 0 Å². The lowest BCUT2D eigenvalue weighted by Crippen LogP contribution is -2.37.